The monoisotopic (exact) mass is 270 g/mol. The molecule has 0 saturated carbocycles. The number of nitrogens with one attached hydrogen (secondary N) is 1. The van der Waals surface area contributed by atoms with E-state index in [2.05, 4.69) is 17.1 Å². The lowest BCUT2D eigenvalue weighted by Crippen LogP contribution is -2.47. The number of piperazine rings is 1. The van der Waals surface area contributed by atoms with E-state index < -0.39 is 0 Å². The Labute approximate surface area is 113 Å². The van der Waals surface area contributed by atoms with Crippen molar-refractivity contribution in [3.63, 3.8) is 0 Å². The normalized spacial score (nSPS) is 18.8. The molecule has 1 aromatic carbocycles. The molecule has 0 spiro atoms. The fourth-order valence-corrected chi connectivity index (χ4v) is 2.69. The molecule has 4 heteroatoms. The van der Waals surface area contributed by atoms with Gasteiger partial charge in [-0.3, -0.25) is 4.90 Å². The maximum Gasteiger partial charge on any atom is 0.127 e. The molecule has 1 aliphatic rings. The third-order valence-electron chi connectivity index (χ3n) is 3.65. The van der Waals surface area contributed by atoms with Crippen LogP contribution in [0.4, 0.5) is 4.39 Å². The lowest BCUT2D eigenvalue weighted by molar-refractivity contribution is 0.176. The SMILES string of the molecule is CC(CCc1c(F)cccc1Cl)N1CCNCC1. The van der Waals surface area contributed by atoms with Crippen molar-refractivity contribution in [2.24, 2.45) is 0 Å². The summed E-state index contributed by atoms with van der Waals surface area (Å²) >= 11 is 6.04. The lowest BCUT2D eigenvalue weighted by atomic mass is 10.0. The molecule has 1 aliphatic heterocycles. The first-order valence-electron chi connectivity index (χ1n) is 6.56. The van der Waals surface area contributed by atoms with Crippen LogP contribution in [0.15, 0.2) is 18.2 Å². The number of rotatable bonds is 4. The minimum absolute atomic E-state index is 0.185. The number of hydrogen-bond donors (Lipinski definition) is 1. The van der Waals surface area contributed by atoms with Gasteiger partial charge in [-0.2, -0.15) is 0 Å². The summed E-state index contributed by atoms with van der Waals surface area (Å²) in [6.45, 7) is 6.45. The van der Waals surface area contributed by atoms with Gasteiger partial charge >= 0.3 is 0 Å². The van der Waals surface area contributed by atoms with Crippen LogP contribution < -0.4 is 5.32 Å². The van der Waals surface area contributed by atoms with Gasteiger partial charge in [-0.25, -0.2) is 4.39 Å². The minimum atomic E-state index is -0.185. The van der Waals surface area contributed by atoms with E-state index in [9.17, 15) is 4.39 Å². The van der Waals surface area contributed by atoms with Crippen molar-refractivity contribution in [1.29, 1.82) is 0 Å². The van der Waals surface area contributed by atoms with Gasteiger partial charge in [-0.05, 0) is 31.9 Å². The number of benzene rings is 1. The number of hydrogen-bond acceptors (Lipinski definition) is 2. The fourth-order valence-electron chi connectivity index (χ4n) is 2.43. The van der Waals surface area contributed by atoms with E-state index in [4.69, 9.17) is 11.6 Å². The molecule has 1 unspecified atom stereocenters. The molecule has 100 valence electrons. The zero-order valence-electron chi connectivity index (χ0n) is 10.8. The van der Waals surface area contributed by atoms with E-state index in [1.165, 1.54) is 6.07 Å². The number of nitrogens with zero attached hydrogens (tertiary/aromatic N) is 1. The standard InChI is InChI=1S/C14H20ClFN2/c1-11(18-9-7-17-8-10-18)5-6-12-13(15)3-2-4-14(12)16/h2-4,11,17H,5-10H2,1H3. The Kier molecular flexibility index (Phi) is 4.98. The topological polar surface area (TPSA) is 15.3 Å². The molecule has 0 radical (unpaired) electrons. The van der Waals surface area contributed by atoms with Crippen LogP contribution in [0.3, 0.4) is 0 Å². The Hall–Kier alpha value is -0.640. The van der Waals surface area contributed by atoms with E-state index in [1.54, 1.807) is 12.1 Å². The van der Waals surface area contributed by atoms with Crippen molar-refractivity contribution >= 4 is 11.6 Å². The van der Waals surface area contributed by atoms with Gasteiger partial charge in [0.25, 0.3) is 0 Å². The summed E-state index contributed by atoms with van der Waals surface area (Å²) in [6, 6.07) is 5.37. The molecule has 1 saturated heterocycles. The highest BCUT2D eigenvalue weighted by atomic mass is 35.5. The van der Waals surface area contributed by atoms with Crippen LogP contribution in [0.2, 0.25) is 5.02 Å². The van der Waals surface area contributed by atoms with Crippen LogP contribution in [0.1, 0.15) is 18.9 Å². The van der Waals surface area contributed by atoms with E-state index in [-0.39, 0.29) is 5.82 Å². The Morgan fingerprint density at radius 2 is 2.11 bits per heavy atom. The van der Waals surface area contributed by atoms with Crippen molar-refractivity contribution in [2.75, 3.05) is 26.2 Å². The van der Waals surface area contributed by atoms with Gasteiger partial charge < -0.3 is 5.32 Å². The summed E-state index contributed by atoms with van der Waals surface area (Å²) in [7, 11) is 0. The molecule has 0 amide bonds. The van der Waals surface area contributed by atoms with Gasteiger partial charge in [0.2, 0.25) is 0 Å². The highest BCUT2D eigenvalue weighted by Gasteiger charge is 2.17. The van der Waals surface area contributed by atoms with E-state index in [0.29, 0.717) is 23.0 Å². The average Bonchev–Trinajstić information content (AvgIpc) is 2.39. The average molecular weight is 271 g/mol. The van der Waals surface area contributed by atoms with Gasteiger partial charge in [0.1, 0.15) is 5.82 Å². The third kappa shape index (κ3) is 3.44. The molecule has 0 aliphatic carbocycles. The first kappa shape index (κ1) is 13.8. The largest absolute Gasteiger partial charge is 0.314 e. The molecule has 1 fully saturated rings. The van der Waals surface area contributed by atoms with Crippen molar-refractivity contribution in [3.8, 4) is 0 Å². The van der Waals surface area contributed by atoms with Crippen LogP contribution in [0.25, 0.3) is 0 Å². The van der Waals surface area contributed by atoms with E-state index >= 15 is 0 Å². The summed E-state index contributed by atoms with van der Waals surface area (Å²) in [5, 5.41) is 3.88. The van der Waals surface area contributed by atoms with E-state index in [0.717, 1.165) is 32.6 Å². The minimum Gasteiger partial charge on any atom is -0.314 e. The molecular formula is C14H20ClFN2. The second-order valence-electron chi connectivity index (χ2n) is 4.87. The molecule has 18 heavy (non-hydrogen) atoms. The fraction of sp³-hybridized carbons (Fsp3) is 0.571. The Bertz CT molecular complexity index is 371. The van der Waals surface area contributed by atoms with Gasteiger partial charge in [0.15, 0.2) is 0 Å². The Balaban J connectivity index is 1.90. The molecule has 1 atom stereocenters. The van der Waals surface area contributed by atoms with Crippen molar-refractivity contribution < 1.29 is 4.39 Å². The second kappa shape index (κ2) is 6.50. The highest BCUT2D eigenvalue weighted by molar-refractivity contribution is 6.31. The number of halogens is 2. The van der Waals surface area contributed by atoms with Crippen molar-refractivity contribution in [3.05, 3.63) is 34.6 Å². The smallest absolute Gasteiger partial charge is 0.127 e. The first-order chi connectivity index (χ1) is 8.68. The Morgan fingerprint density at radius 1 is 1.39 bits per heavy atom. The summed E-state index contributed by atoms with van der Waals surface area (Å²) in [5.41, 5.74) is 0.654. The molecule has 0 bridgehead atoms. The van der Waals surface area contributed by atoms with Crippen LogP contribution in [0, 0.1) is 5.82 Å². The predicted octanol–water partition coefficient (Wildman–Crippen LogP) is 2.71. The summed E-state index contributed by atoms with van der Waals surface area (Å²) in [6.07, 6.45) is 1.65. The molecule has 2 nitrogen and oxygen atoms in total. The molecule has 1 heterocycles. The van der Waals surface area contributed by atoms with E-state index in [1.807, 2.05) is 0 Å². The molecular weight excluding hydrogens is 251 g/mol. The van der Waals surface area contributed by atoms with Crippen molar-refractivity contribution in [1.82, 2.24) is 10.2 Å². The van der Waals surface area contributed by atoms with Crippen LogP contribution in [-0.4, -0.2) is 37.1 Å². The maximum absolute atomic E-state index is 13.6. The maximum atomic E-state index is 13.6. The van der Waals surface area contributed by atoms with Crippen LogP contribution in [0.5, 0.6) is 0 Å². The summed E-state index contributed by atoms with van der Waals surface area (Å²) in [4.78, 5) is 2.45. The van der Waals surface area contributed by atoms with Gasteiger partial charge in [-0.1, -0.05) is 17.7 Å². The summed E-state index contributed by atoms with van der Waals surface area (Å²) in [5.74, 6) is -0.185. The van der Waals surface area contributed by atoms with Crippen molar-refractivity contribution in [2.45, 2.75) is 25.8 Å². The quantitative estimate of drug-likeness (QED) is 0.905. The zero-order valence-corrected chi connectivity index (χ0v) is 11.5. The molecule has 2 rings (SSSR count). The highest BCUT2D eigenvalue weighted by Crippen LogP contribution is 2.21. The first-order valence-corrected chi connectivity index (χ1v) is 6.94. The van der Waals surface area contributed by atoms with Gasteiger partial charge in [0.05, 0.1) is 0 Å². The van der Waals surface area contributed by atoms with Gasteiger partial charge in [0, 0.05) is 42.8 Å². The Morgan fingerprint density at radius 3 is 2.78 bits per heavy atom. The summed E-state index contributed by atoms with van der Waals surface area (Å²) < 4.78 is 13.6. The zero-order chi connectivity index (χ0) is 13.0. The molecule has 1 aromatic rings. The van der Waals surface area contributed by atoms with Crippen LogP contribution in [-0.2, 0) is 6.42 Å². The molecule has 0 aromatic heterocycles. The molecule has 1 N–H and O–H groups in total. The second-order valence-corrected chi connectivity index (χ2v) is 5.28. The van der Waals surface area contributed by atoms with Gasteiger partial charge in [-0.15, -0.1) is 0 Å². The van der Waals surface area contributed by atoms with Crippen LogP contribution >= 0.6 is 11.6 Å². The third-order valence-corrected chi connectivity index (χ3v) is 4.00. The lowest BCUT2D eigenvalue weighted by Gasteiger charge is -2.32. The predicted molar refractivity (Wildman–Crippen MR) is 73.6 cm³/mol.